The summed E-state index contributed by atoms with van der Waals surface area (Å²) in [6.07, 6.45) is 1.36. The van der Waals surface area contributed by atoms with Crippen LogP contribution in [0, 0.1) is 13.8 Å². The Labute approximate surface area is 157 Å². The highest BCUT2D eigenvalue weighted by Crippen LogP contribution is 2.29. The lowest BCUT2D eigenvalue weighted by atomic mass is 10.1. The van der Waals surface area contributed by atoms with Gasteiger partial charge in [-0.15, -0.1) is 10.2 Å². The molecule has 0 spiro atoms. The molecule has 1 aromatic heterocycles. The van der Waals surface area contributed by atoms with E-state index < -0.39 is 6.10 Å². The smallest absolute Gasteiger partial charge is 0.266 e. The number of hydrogen-bond donors (Lipinski definition) is 1. The van der Waals surface area contributed by atoms with Gasteiger partial charge in [-0.3, -0.25) is 10.1 Å². The minimum atomic E-state index is -0.652. The van der Waals surface area contributed by atoms with Gasteiger partial charge < -0.3 is 4.74 Å². The Balaban J connectivity index is 2.01. The first-order valence-corrected chi connectivity index (χ1v) is 9.62. The second-order valence-corrected chi connectivity index (χ2v) is 7.47. The molecule has 1 aromatic carbocycles. The van der Waals surface area contributed by atoms with Crippen LogP contribution in [0.15, 0.2) is 12.1 Å². The summed E-state index contributed by atoms with van der Waals surface area (Å²) in [5, 5.41) is 13.2. The molecule has 1 heterocycles. The normalized spacial score (nSPS) is 12.3. The molecule has 0 saturated heterocycles. The number of anilines is 1. The molecule has 2 aromatic rings. The number of benzene rings is 1. The van der Waals surface area contributed by atoms with E-state index in [4.69, 9.17) is 16.3 Å². The zero-order valence-electron chi connectivity index (χ0n) is 15.2. The van der Waals surface area contributed by atoms with Gasteiger partial charge >= 0.3 is 0 Å². The lowest BCUT2D eigenvalue weighted by Crippen LogP contribution is -2.30. The van der Waals surface area contributed by atoms with Crippen molar-refractivity contribution in [3.8, 4) is 5.75 Å². The van der Waals surface area contributed by atoms with E-state index in [-0.39, 0.29) is 5.91 Å². The van der Waals surface area contributed by atoms with E-state index in [0.29, 0.717) is 21.8 Å². The topological polar surface area (TPSA) is 64.1 Å². The van der Waals surface area contributed by atoms with E-state index in [1.54, 1.807) is 6.92 Å². The van der Waals surface area contributed by atoms with Crippen LogP contribution < -0.4 is 10.1 Å². The van der Waals surface area contributed by atoms with Gasteiger partial charge in [0.2, 0.25) is 5.13 Å². The quantitative estimate of drug-likeness (QED) is 0.723. The molecule has 1 unspecified atom stereocenters. The maximum absolute atomic E-state index is 12.3. The van der Waals surface area contributed by atoms with E-state index in [9.17, 15) is 4.79 Å². The second kappa shape index (κ2) is 8.63. The van der Waals surface area contributed by atoms with Gasteiger partial charge in [0.05, 0.1) is 0 Å². The maximum atomic E-state index is 12.3. The second-order valence-electron chi connectivity index (χ2n) is 6.08. The van der Waals surface area contributed by atoms with Gasteiger partial charge in [-0.25, -0.2) is 0 Å². The number of nitrogens with zero attached hydrogens (tertiary/aromatic N) is 2. The Morgan fingerprint density at radius 3 is 2.40 bits per heavy atom. The minimum absolute atomic E-state index is 0.252. The number of nitrogens with one attached hydrogen (secondary N) is 1. The molecule has 0 radical (unpaired) electrons. The minimum Gasteiger partial charge on any atom is -0.481 e. The van der Waals surface area contributed by atoms with Crippen LogP contribution in [0.2, 0.25) is 5.02 Å². The summed E-state index contributed by atoms with van der Waals surface area (Å²) in [5.41, 5.74) is 1.84. The van der Waals surface area contributed by atoms with Crippen molar-refractivity contribution in [2.24, 2.45) is 0 Å². The molecule has 0 aliphatic rings. The maximum Gasteiger partial charge on any atom is 0.266 e. The van der Waals surface area contributed by atoms with Gasteiger partial charge in [-0.1, -0.05) is 36.8 Å². The van der Waals surface area contributed by atoms with Gasteiger partial charge in [0.15, 0.2) is 6.10 Å². The number of aromatic nitrogens is 2. The van der Waals surface area contributed by atoms with Crippen molar-refractivity contribution >= 4 is 34.0 Å². The van der Waals surface area contributed by atoms with E-state index in [0.717, 1.165) is 29.0 Å². The fraction of sp³-hybridized carbons (Fsp3) is 0.500. The number of carbonyl (C=O) groups is 1. The number of amides is 1. The molecule has 0 aliphatic heterocycles. The van der Waals surface area contributed by atoms with Gasteiger partial charge in [0.25, 0.3) is 5.91 Å². The molecular formula is C18H24ClN3O2S. The van der Waals surface area contributed by atoms with Crippen molar-refractivity contribution in [1.29, 1.82) is 0 Å². The fourth-order valence-corrected chi connectivity index (χ4v) is 3.65. The van der Waals surface area contributed by atoms with Gasteiger partial charge in [-0.05, 0) is 56.9 Å². The van der Waals surface area contributed by atoms with Crippen molar-refractivity contribution in [2.75, 3.05) is 5.32 Å². The summed E-state index contributed by atoms with van der Waals surface area (Å²) in [4.78, 5) is 12.3. The van der Waals surface area contributed by atoms with E-state index >= 15 is 0 Å². The Kier molecular flexibility index (Phi) is 6.79. The predicted molar refractivity (Wildman–Crippen MR) is 103 cm³/mol. The summed E-state index contributed by atoms with van der Waals surface area (Å²) in [7, 11) is 0. The van der Waals surface area contributed by atoms with Crippen molar-refractivity contribution in [1.82, 2.24) is 10.2 Å². The SMILES string of the molecule is CCC(CC)c1nnc(NC(=O)C(C)Oc2cc(C)c(Cl)c(C)c2)s1. The Morgan fingerprint density at radius 2 is 1.84 bits per heavy atom. The third-order valence-corrected chi connectivity index (χ3v) is 5.70. The first kappa shape index (κ1) is 19.7. The molecule has 5 nitrogen and oxygen atoms in total. The first-order valence-electron chi connectivity index (χ1n) is 8.43. The van der Waals surface area contributed by atoms with Crippen molar-refractivity contribution in [2.45, 2.75) is 59.5 Å². The zero-order valence-corrected chi connectivity index (χ0v) is 16.8. The predicted octanol–water partition coefficient (Wildman–Crippen LogP) is 5.12. The first-order chi connectivity index (χ1) is 11.8. The van der Waals surface area contributed by atoms with Crippen molar-refractivity contribution < 1.29 is 9.53 Å². The summed E-state index contributed by atoms with van der Waals surface area (Å²) in [6, 6.07) is 3.66. The Morgan fingerprint density at radius 1 is 1.24 bits per heavy atom. The van der Waals surface area contributed by atoms with E-state index in [1.165, 1.54) is 11.3 Å². The highest BCUT2D eigenvalue weighted by molar-refractivity contribution is 7.15. The van der Waals surface area contributed by atoms with Crippen LogP contribution in [-0.4, -0.2) is 22.2 Å². The van der Waals surface area contributed by atoms with Gasteiger partial charge in [0, 0.05) is 10.9 Å². The molecule has 25 heavy (non-hydrogen) atoms. The van der Waals surface area contributed by atoms with Crippen LogP contribution in [0.4, 0.5) is 5.13 Å². The lowest BCUT2D eigenvalue weighted by Gasteiger charge is -2.15. The van der Waals surface area contributed by atoms with Crippen LogP contribution in [0.5, 0.6) is 5.75 Å². The van der Waals surface area contributed by atoms with Crippen molar-refractivity contribution in [3.63, 3.8) is 0 Å². The molecule has 0 bridgehead atoms. The molecule has 0 aliphatic carbocycles. The summed E-state index contributed by atoms with van der Waals surface area (Å²) in [5.74, 6) is 0.756. The summed E-state index contributed by atoms with van der Waals surface area (Å²) >= 11 is 7.58. The fourth-order valence-electron chi connectivity index (χ4n) is 2.53. The van der Waals surface area contributed by atoms with Crippen molar-refractivity contribution in [3.05, 3.63) is 33.3 Å². The molecule has 0 fully saturated rings. The number of hydrogen-bond acceptors (Lipinski definition) is 5. The third kappa shape index (κ3) is 4.92. The Bertz CT molecular complexity index is 721. The van der Waals surface area contributed by atoms with Crippen LogP contribution in [0.25, 0.3) is 0 Å². The standard InChI is InChI=1S/C18H24ClN3O2S/c1-6-13(7-2)17-21-22-18(25-17)20-16(23)12(5)24-14-8-10(3)15(19)11(4)9-14/h8-9,12-13H,6-7H2,1-5H3,(H,20,22,23). The van der Waals surface area contributed by atoms with Crippen LogP contribution >= 0.6 is 22.9 Å². The van der Waals surface area contributed by atoms with Crippen LogP contribution in [0.3, 0.4) is 0 Å². The van der Waals surface area contributed by atoms with Crippen LogP contribution in [-0.2, 0) is 4.79 Å². The van der Waals surface area contributed by atoms with Crippen LogP contribution in [0.1, 0.15) is 55.7 Å². The summed E-state index contributed by atoms with van der Waals surface area (Å²) < 4.78 is 5.75. The molecule has 2 rings (SSSR count). The number of rotatable bonds is 7. The molecule has 1 amide bonds. The number of carbonyl (C=O) groups excluding carboxylic acids is 1. The Hall–Kier alpha value is -1.66. The highest BCUT2D eigenvalue weighted by atomic mass is 35.5. The monoisotopic (exact) mass is 381 g/mol. The van der Waals surface area contributed by atoms with E-state index in [2.05, 4.69) is 29.4 Å². The lowest BCUT2D eigenvalue weighted by molar-refractivity contribution is -0.122. The molecular weight excluding hydrogens is 358 g/mol. The number of ether oxygens (including phenoxy) is 1. The average molecular weight is 382 g/mol. The average Bonchev–Trinajstić information content (AvgIpc) is 3.02. The van der Waals surface area contributed by atoms with Gasteiger partial charge in [0.1, 0.15) is 10.8 Å². The highest BCUT2D eigenvalue weighted by Gasteiger charge is 2.19. The number of halogens is 1. The molecule has 7 heteroatoms. The van der Waals surface area contributed by atoms with Gasteiger partial charge in [-0.2, -0.15) is 0 Å². The van der Waals surface area contributed by atoms with E-state index in [1.807, 2.05) is 26.0 Å². The third-order valence-electron chi connectivity index (χ3n) is 4.10. The molecule has 1 N–H and O–H groups in total. The zero-order chi connectivity index (χ0) is 18.6. The number of aryl methyl sites for hydroxylation is 2. The largest absolute Gasteiger partial charge is 0.481 e. The molecule has 1 atom stereocenters. The molecule has 136 valence electrons. The molecule has 0 saturated carbocycles. The summed E-state index contributed by atoms with van der Waals surface area (Å²) in [6.45, 7) is 9.78.